The van der Waals surface area contributed by atoms with Crippen molar-refractivity contribution in [1.29, 1.82) is 0 Å². The summed E-state index contributed by atoms with van der Waals surface area (Å²) in [4.78, 5) is 13.5. The van der Waals surface area contributed by atoms with Gasteiger partial charge in [0.05, 0.1) is 0 Å². The van der Waals surface area contributed by atoms with Gasteiger partial charge >= 0.3 is 0 Å². The second-order valence-electron chi connectivity index (χ2n) is 5.73. The van der Waals surface area contributed by atoms with Crippen LogP contribution in [0.5, 0.6) is 0 Å². The molecule has 0 saturated heterocycles. The van der Waals surface area contributed by atoms with Crippen LogP contribution < -0.4 is 10.2 Å². The lowest BCUT2D eigenvalue weighted by Crippen LogP contribution is -2.42. The molecular formula is C15H22N2O2. The largest absolute Gasteiger partial charge is 0.396 e. The summed E-state index contributed by atoms with van der Waals surface area (Å²) < 4.78 is 0. The monoisotopic (exact) mass is 262 g/mol. The smallest absolute Gasteiger partial charge is 0.224 e. The summed E-state index contributed by atoms with van der Waals surface area (Å²) in [7, 11) is 2.04. The molecule has 2 rings (SSSR count). The quantitative estimate of drug-likeness (QED) is 0.874. The first kappa shape index (κ1) is 13.9. The third-order valence-corrected chi connectivity index (χ3v) is 4.00. The molecule has 1 amide bonds. The minimum Gasteiger partial charge on any atom is -0.396 e. The maximum absolute atomic E-state index is 11.3. The van der Waals surface area contributed by atoms with Gasteiger partial charge < -0.3 is 15.3 Å². The van der Waals surface area contributed by atoms with E-state index in [9.17, 15) is 4.79 Å². The maximum Gasteiger partial charge on any atom is 0.224 e. The van der Waals surface area contributed by atoms with Gasteiger partial charge in [-0.25, -0.2) is 0 Å². The highest BCUT2D eigenvalue weighted by molar-refractivity contribution is 5.94. The molecule has 0 aromatic heterocycles. The molecule has 4 nitrogen and oxygen atoms in total. The Morgan fingerprint density at radius 3 is 2.79 bits per heavy atom. The summed E-state index contributed by atoms with van der Waals surface area (Å²) in [5.41, 5.74) is 3.13. The lowest BCUT2D eigenvalue weighted by molar-refractivity contribution is -0.116. The number of aliphatic hydroxyl groups is 1. The number of benzene rings is 1. The molecule has 0 bridgehead atoms. The van der Waals surface area contributed by atoms with E-state index in [0.29, 0.717) is 6.42 Å². The Labute approximate surface area is 114 Å². The van der Waals surface area contributed by atoms with Crippen molar-refractivity contribution in [1.82, 2.24) is 0 Å². The summed E-state index contributed by atoms with van der Waals surface area (Å²) in [5, 5.41) is 12.0. The van der Waals surface area contributed by atoms with Crippen LogP contribution in [0.25, 0.3) is 0 Å². The molecule has 0 aliphatic carbocycles. The van der Waals surface area contributed by atoms with Gasteiger partial charge in [0.25, 0.3) is 0 Å². The van der Waals surface area contributed by atoms with Crippen molar-refractivity contribution in [3.8, 4) is 0 Å². The standard InChI is InChI=1S/C15H22N2O2/c1-15(2,8-9-18)17(3)12-5-6-13-11(10-12)4-7-14(19)16-13/h5-6,10,18H,4,7-9H2,1-3H3,(H,16,19). The molecule has 1 aromatic rings. The van der Waals surface area contributed by atoms with Crippen LogP contribution in [0.1, 0.15) is 32.3 Å². The lowest BCUT2D eigenvalue weighted by atomic mass is 9.96. The molecule has 0 saturated carbocycles. The number of hydrogen-bond donors (Lipinski definition) is 2. The van der Waals surface area contributed by atoms with Gasteiger partial charge in [0, 0.05) is 37.0 Å². The molecule has 0 atom stereocenters. The number of nitrogens with one attached hydrogen (secondary N) is 1. The van der Waals surface area contributed by atoms with E-state index in [4.69, 9.17) is 5.11 Å². The Morgan fingerprint density at radius 2 is 2.11 bits per heavy atom. The first-order valence-electron chi connectivity index (χ1n) is 6.71. The van der Waals surface area contributed by atoms with Crippen LogP contribution in [0.4, 0.5) is 11.4 Å². The summed E-state index contributed by atoms with van der Waals surface area (Å²) in [6, 6.07) is 6.12. The fraction of sp³-hybridized carbons (Fsp3) is 0.533. The predicted octanol–water partition coefficient (Wildman–Crippen LogP) is 2.17. The Morgan fingerprint density at radius 1 is 1.37 bits per heavy atom. The Hall–Kier alpha value is -1.55. The van der Waals surface area contributed by atoms with E-state index >= 15 is 0 Å². The van der Waals surface area contributed by atoms with Crippen molar-refractivity contribution in [2.45, 2.75) is 38.6 Å². The predicted molar refractivity (Wildman–Crippen MR) is 77.6 cm³/mol. The lowest BCUT2D eigenvalue weighted by Gasteiger charge is -2.37. The van der Waals surface area contributed by atoms with E-state index in [1.54, 1.807) is 0 Å². The molecule has 0 fully saturated rings. The number of nitrogens with zero attached hydrogens (tertiary/aromatic N) is 1. The zero-order valence-corrected chi connectivity index (χ0v) is 11.9. The summed E-state index contributed by atoms with van der Waals surface area (Å²) >= 11 is 0. The van der Waals surface area contributed by atoms with Crippen LogP contribution >= 0.6 is 0 Å². The van der Waals surface area contributed by atoms with Gasteiger partial charge in [-0.3, -0.25) is 4.79 Å². The highest BCUT2D eigenvalue weighted by Gasteiger charge is 2.24. The number of anilines is 2. The Balaban J connectivity index is 2.25. The molecule has 104 valence electrons. The number of aryl methyl sites for hydroxylation is 1. The van der Waals surface area contributed by atoms with Crippen molar-refractivity contribution in [3.63, 3.8) is 0 Å². The number of fused-ring (bicyclic) bond motifs is 1. The number of amides is 1. The summed E-state index contributed by atoms with van der Waals surface area (Å²) in [6.07, 6.45) is 2.07. The molecule has 0 unspecified atom stereocenters. The Kier molecular flexibility index (Phi) is 3.80. The van der Waals surface area contributed by atoms with Gasteiger partial charge in [0.1, 0.15) is 0 Å². The molecule has 19 heavy (non-hydrogen) atoms. The topological polar surface area (TPSA) is 52.6 Å². The number of carbonyl (C=O) groups excluding carboxylic acids is 1. The third-order valence-electron chi connectivity index (χ3n) is 4.00. The maximum atomic E-state index is 11.3. The van der Waals surface area contributed by atoms with Gasteiger partial charge in [-0.1, -0.05) is 0 Å². The van der Waals surface area contributed by atoms with Crippen LogP contribution in [0, 0.1) is 0 Å². The fourth-order valence-corrected chi connectivity index (χ4v) is 2.37. The van der Waals surface area contributed by atoms with E-state index in [2.05, 4.69) is 30.1 Å². The van der Waals surface area contributed by atoms with Crippen LogP contribution in [-0.4, -0.2) is 30.2 Å². The molecule has 4 heteroatoms. The molecule has 1 aliphatic heterocycles. The van der Waals surface area contributed by atoms with E-state index in [1.165, 1.54) is 5.56 Å². The number of rotatable bonds is 4. The second-order valence-corrected chi connectivity index (χ2v) is 5.73. The van der Waals surface area contributed by atoms with Crippen LogP contribution in [0.3, 0.4) is 0 Å². The number of aliphatic hydroxyl groups excluding tert-OH is 1. The van der Waals surface area contributed by atoms with Crippen LogP contribution in [0.2, 0.25) is 0 Å². The highest BCUT2D eigenvalue weighted by atomic mass is 16.3. The second kappa shape index (κ2) is 5.21. The van der Waals surface area contributed by atoms with E-state index in [-0.39, 0.29) is 18.1 Å². The van der Waals surface area contributed by atoms with Crippen molar-refractivity contribution in [2.75, 3.05) is 23.9 Å². The fourth-order valence-electron chi connectivity index (χ4n) is 2.37. The van der Waals surface area contributed by atoms with Crippen LogP contribution in [0.15, 0.2) is 18.2 Å². The zero-order chi connectivity index (χ0) is 14.0. The van der Waals surface area contributed by atoms with Crippen LogP contribution in [-0.2, 0) is 11.2 Å². The van der Waals surface area contributed by atoms with Gasteiger partial charge in [-0.05, 0) is 50.5 Å². The zero-order valence-electron chi connectivity index (χ0n) is 11.9. The molecule has 1 heterocycles. The molecule has 2 N–H and O–H groups in total. The normalized spacial score (nSPS) is 14.8. The van der Waals surface area contributed by atoms with Crippen molar-refractivity contribution in [3.05, 3.63) is 23.8 Å². The molecule has 0 radical (unpaired) electrons. The molecule has 0 spiro atoms. The summed E-state index contributed by atoms with van der Waals surface area (Å²) in [6.45, 7) is 4.41. The average molecular weight is 262 g/mol. The summed E-state index contributed by atoms with van der Waals surface area (Å²) in [5.74, 6) is 0.0919. The Bertz CT molecular complexity index is 483. The van der Waals surface area contributed by atoms with E-state index < -0.39 is 0 Å². The van der Waals surface area contributed by atoms with Crippen molar-refractivity contribution < 1.29 is 9.90 Å². The first-order chi connectivity index (χ1) is 8.94. The SMILES string of the molecule is CN(c1ccc2c(c1)CCC(=O)N2)C(C)(C)CCO. The molecule has 1 aliphatic rings. The molecular weight excluding hydrogens is 240 g/mol. The van der Waals surface area contributed by atoms with E-state index in [1.807, 2.05) is 19.2 Å². The first-order valence-corrected chi connectivity index (χ1v) is 6.71. The minimum atomic E-state index is -0.0963. The van der Waals surface area contributed by atoms with Gasteiger partial charge in [-0.15, -0.1) is 0 Å². The number of hydrogen-bond acceptors (Lipinski definition) is 3. The molecule has 1 aromatic carbocycles. The van der Waals surface area contributed by atoms with Gasteiger partial charge in [-0.2, -0.15) is 0 Å². The van der Waals surface area contributed by atoms with Crippen molar-refractivity contribution >= 4 is 17.3 Å². The highest BCUT2D eigenvalue weighted by Crippen LogP contribution is 2.30. The number of carbonyl (C=O) groups is 1. The van der Waals surface area contributed by atoms with E-state index in [0.717, 1.165) is 24.2 Å². The minimum absolute atomic E-state index is 0.0919. The van der Waals surface area contributed by atoms with Gasteiger partial charge in [0.2, 0.25) is 5.91 Å². The van der Waals surface area contributed by atoms with Crippen molar-refractivity contribution in [2.24, 2.45) is 0 Å². The average Bonchev–Trinajstić information content (AvgIpc) is 2.37. The van der Waals surface area contributed by atoms with Gasteiger partial charge in [0.15, 0.2) is 0 Å². The third kappa shape index (κ3) is 2.89.